The van der Waals surface area contributed by atoms with E-state index in [1.54, 1.807) is 0 Å². The molecular formula is C6H11ClO. The lowest BCUT2D eigenvalue weighted by Gasteiger charge is -2.07. The van der Waals surface area contributed by atoms with Gasteiger partial charge in [-0.15, -0.1) is 0 Å². The molecule has 0 bridgehead atoms. The monoisotopic (exact) mass is 134 g/mol. The second kappa shape index (κ2) is 3.79. The van der Waals surface area contributed by atoms with Gasteiger partial charge in [-0.1, -0.05) is 11.6 Å². The molecule has 0 amide bonds. The minimum atomic E-state index is 0.227. The van der Waals surface area contributed by atoms with E-state index in [2.05, 4.69) is 0 Å². The molecule has 48 valence electrons. The van der Waals surface area contributed by atoms with Crippen molar-refractivity contribution in [2.24, 2.45) is 0 Å². The number of allylic oxidation sites excluding steroid dienone is 1. The lowest BCUT2D eigenvalue weighted by molar-refractivity contribution is 0.150. The summed E-state index contributed by atoms with van der Waals surface area (Å²) in [4.78, 5) is 0. The van der Waals surface area contributed by atoms with Gasteiger partial charge in [-0.2, -0.15) is 0 Å². The molecule has 0 N–H and O–H groups in total. The highest BCUT2D eigenvalue weighted by atomic mass is 35.5. The van der Waals surface area contributed by atoms with Gasteiger partial charge in [0.25, 0.3) is 0 Å². The highest BCUT2D eigenvalue weighted by Crippen LogP contribution is 2.00. The van der Waals surface area contributed by atoms with Gasteiger partial charge in [0.1, 0.15) is 5.76 Å². The highest BCUT2D eigenvalue weighted by molar-refractivity contribution is 6.25. The van der Waals surface area contributed by atoms with Crippen molar-refractivity contribution in [1.29, 1.82) is 0 Å². The van der Waals surface area contributed by atoms with Crippen molar-refractivity contribution in [2.45, 2.75) is 26.9 Å². The summed E-state index contributed by atoms with van der Waals surface area (Å²) < 4.78 is 5.13. The van der Waals surface area contributed by atoms with Crippen LogP contribution in [0.15, 0.2) is 11.3 Å². The lowest BCUT2D eigenvalue weighted by atomic mass is 10.5. The van der Waals surface area contributed by atoms with E-state index in [0.29, 0.717) is 0 Å². The smallest absolute Gasteiger partial charge is 0.104 e. The Bertz CT molecular complexity index is 86.5. The molecule has 0 saturated heterocycles. The summed E-state index contributed by atoms with van der Waals surface area (Å²) in [5.74, 6) is 0.765. The fourth-order valence-electron chi connectivity index (χ4n) is 0.398. The van der Waals surface area contributed by atoms with Gasteiger partial charge in [-0.05, 0) is 20.8 Å². The highest BCUT2D eigenvalue weighted by Gasteiger charge is 1.91. The second-order valence-electron chi connectivity index (χ2n) is 1.89. The Morgan fingerprint density at radius 2 is 2.12 bits per heavy atom. The molecule has 0 rings (SSSR count). The Labute approximate surface area is 55.3 Å². The molecule has 0 saturated carbocycles. The molecule has 0 aliphatic heterocycles. The summed E-state index contributed by atoms with van der Waals surface area (Å²) in [6.45, 7) is 5.75. The largest absolute Gasteiger partial charge is 0.495 e. The third kappa shape index (κ3) is 4.00. The van der Waals surface area contributed by atoms with Crippen LogP contribution in [0.1, 0.15) is 20.8 Å². The third-order valence-corrected chi connectivity index (χ3v) is 0.883. The lowest BCUT2D eigenvalue weighted by Crippen LogP contribution is -1.98. The zero-order valence-electron chi connectivity index (χ0n) is 5.44. The summed E-state index contributed by atoms with van der Waals surface area (Å²) in [6, 6.07) is 0. The van der Waals surface area contributed by atoms with Crippen molar-refractivity contribution in [3.05, 3.63) is 11.3 Å². The fourth-order valence-corrected chi connectivity index (χ4v) is 0.449. The van der Waals surface area contributed by atoms with Crippen LogP contribution in [0.2, 0.25) is 0 Å². The van der Waals surface area contributed by atoms with Crippen molar-refractivity contribution in [3.8, 4) is 0 Å². The SMILES string of the molecule is C/C(=C\Cl)OC(C)C. The fraction of sp³-hybridized carbons (Fsp3) is 0.667. The predicted octanol–water partition coefficient (Wildman–Crippen LogP) is 2.51. The van der Waals surface area contributed by atoms with Gasteiger partial charge in [0, 0.05) is 5.54 Å². The Morgan fingerprint density at radius 1 is 1.62 bits per heavy atom. The number of rotatable bonds is 2. The zero-order valence-corrected chi connectivity index (χ0v) is 6.20. The average molecular weight is 135 g/mol. The van der Waals surface area contributed by atoms with Crippen LogP contribution in [0.3, 0.4) is 0 Å². The first kappa shape index (κ1) is 7.83. The minimum absolute atomic E-state index is 0.227. The molecule has 0 aliphatic carbocycles. The van der Waals surface area contributed by atoms with E-state index in [1.165, 1.54) is 5.54 Å². The van der Waals surface area contributed by atoms with Gasteiger partial charge >= 0.3 is 0 Å². The van der Waals surface area contributed by atoms with Crippen LogP contribution in [0.5, 0.6) is 0 Å². The van der Waals surface area contributed by atoms with Crippen LogP contribution >= 0.6 is 11.6 Å². The molecule has 0 atom stereocenters. The number of hydrogen-bond donors (Lipinski definition) is 0. The number of ether oxygens (including phenoxy) is 1. The molecule has 0 aromatic heterocycles. The Hall–Kier alpha value is -0.170. The molecule has 1 nitrogen and oxygen atoms in total. The first-order valence-electron chi connectivity index (χ1n) is 2.60. The van der Waals surface area contributed by atoms with Crippen molar-refractivity contribution < 1.29 is 4.74 Å². The van der Waals surface area contributed by atoms with Gasteiger partial charge in [0.2, 0.25) is 0 Å². The molecule has 0 heterocycles. The molecular weight excluding hydrogens is 124 g/mol. The maximum Gasteiger partial charge on any atom is 0.104 e. The standard InChI is InChI=1S/C6H11ClO/c1-5(2)8-6(3)4-7/h4-5H,1-3H3/b6-4+. The Balaban J connectivity index is 3.39. The normalized spacial score (nSPS) is 12.4. The van der Waals surface area contributed by atoms with Crippen molar-refractivity contribution >= 4 is 11.6 Å². The maximum atomic E-state index is 5.31. The van der Waals surface area contributed by atoms with Crippen LogP contribution in [0, 0.1) is 0 Å². The predicted molar refractivity (Wildman–Crippen MR) is 35.8 cm³/mol. The van der Waals surface area contributed by atoms with Crippen LogP contribution in [-0.4, -0.2) is 6.10 Å². The van der Waals surface area contributed by atoms with Crippen molar-refractivity contribution in [2.75, 3.05) is 0 Å². The van der Waals surface area contributed by atoms with E-state index >= 15 is 0 Å². The summed E-state index contributed by atoms with van der Waals surface area (Å²) in [6.07, 6.45) is 0.227. The van der Waals surface area contributed by atoms with Crippen molar-refractivity contribution in [1.82, 2.24) is 0 Å². The summed E-state index contributed by atoms with van der Waals surface area (Å²) in [5, 5.41) is 0. The number of hydrogen-bond acceptors (Lipinski definition) is 1. The minimum Gasteiger partial charge on any atom is -0.495 e. The zero-order chi connectivity index (χ0) is 6.57. The first-order chi connectivity index (χ1) is 3.66. The van der Waals surface area contributed by atoms with E-state index in [1.807, 2.05) is 20.8 Å². The molecule has 0 radical (unpaired) electrons. The Morgan fingerprint density at radius 3 is 2.25 bits per heavy atom. The van der Waals surface area contributed by atoms with Gasteiger partial charge in [-0.25, -0.2) is 0 Å². The molecule has 0 fully saturated rings. The van der Waals surface area contributed by atoms with E-state index < -0.39 is 0 Å². The van der Waals surface area contributed by atoms with Crippen LogP contribution in [-0.2, 0) is 4.74 Å². The summed E-state index contributed by atoms with van der Waals surface area (Å²) in [5.41, 5.74) is 1.43. The van der Waals surface area contributed by atoms with E-state index in [9.17, 15) is 0 Å². The van der Waals surface area contributed by atoms with Gasteiger partial charge in [0.15, 0.2) is 0 Å². The maximum absolute atomic E-state index is 5.31. The third-order valence-electron chi connectivity index (χ3n) is 0.575. The van der Waals surface area contributed by atoms with Crippen LogP contribution in [0.4, 0.5) is 0 Å². The van der Waals surface area contributed by atoms with E-state index in [4.69, 9.17) is 16.3 Å². The van der Waals surface area contributed by atoms with Crippen LogP contribution in [0.25, 0.3) is 0 Å². The topological polar surface area (TPSA) is 9.23 Å². The molecule has 0 unspecified atom stereocenters. The first-order valence-corrected chi connectivity index (χ1v) is 3.04. The second-order valence-corrected chi connectivity index (χ2v) is 2.10. The van der Waals surface area contributed by atoms with E-state index in [-0.39, 0.29) is 6.10 Å². The quantitative estimate of drug-likeness (QED) is 0.528. The summed E-state index contributed by atoms with van der Waals surface area (Å²) >= 11 is 5.31. The summed E-state index contributed by atoms with van der Waals surface area (Å²) in [7, 11) is 0. The van der Waals surface area contributed by atoms with Crippen LogP contribution < -0.4 is 0 Å². The Kier molecular flexibility index (Phi) is 3.71. The molecule has 8 heavy (non-hydrogen) atoms. The van der Waals surface area contributed by atoms with Gasteiger partial charge < -0.3 is 4.74 Å². The molecule has 0 aromatic rings. The number of halogens is 1. The van der Waals surface area contributed by atoms with E-state index in [0.717, 1.165) is 5.76 Å². The van der Waals surface area contributed by atoms with Crippen molar-refractivity contribution in [3.63, 3.8) is 0 Å². The molecule has 0 aromatic carbocycles. The van der Waals surface area contributed by atoms with Gasteiger partial charge in [-0.3, -0.25) is 0 Å². The molecule has 2 heteroatoms. The average Bonchev–Trinajstić information content (AvgIpc) is 1.65. The molecule has 0 aliphatic rings. The molecule has 0 spiro atoms. The van der Waals surface area contributed by atoms with Gasteiger partial charge in [0.05, 0.1) is 6.10 Å².